The average Bonchev–Trinajstić information content (AvgIpc) is 3.08. The van der Waals surface area contributed by atoms with Crippen LogP contribution in [0.4, 0.5) is 0 Å². The number of nitrogens with zero attached hydrogens (tertiary/aromatic N) is 3. The van der Waals surface area contributed by atoms with Gasteiger partial charge in [0.05, 0.1) is 20.1 Å². The summed E-state index contributed by atoms with van der Waals surface area (Å²) < 4.78 is 12.8. The molecule has 2 heterocycles. The number of rotatable bonds is 6. The second-order valence-corrected chi connectivity index (χ2v) is 5.98. The van der Waals surface area contributed by atoms with Crippen molar-refractivity contribution < 1.29 is 14.3 Å². The van der Waals surface area contributed by atoms with Crippen LogP contribution in [0.15, 0.2) is 36.7 Å². The highest BCUT2D eigenvalue weighted by molar-refractivity contribution is 5.77. The zero-order valence-electron chi connectivity index (χ0n) is 14.6. The molecule has 3 rings (SSSR count). The van der Waals surface area contributed by atoms with E-state index < -0.39 is 0 Å². The maximum atomic E-state index is 12.7. The van der Waals surface area contributed by atoms with Gasteiger partial charge in [-0.05, 0) is 24.3 Å². The number of carbonyl (C=O) groups excluding carboxylic acids is 1. The minimum absolute atomic E-state index is 0.0396. The number of methoxy groups -OCH3 is 1. The number of carbonyl (C=O) groups is 1. The summed E-state index contributed by atoms with van der Waals surface area (Å²) in [5.41, 5.74) is 0. The van der Waals surface area contributed by atoms with Crippen molar-refractivity contribution in [3.63, 3.8) is 0 Å². The van der Waals surface area contributed by atoms with Crippen LogP contribution in [0.1, 0.15) is 18.3 Å². The molecule has 0 radical (unpaired) electrons. The summed E-state index contributed by atoms with van der Waals surface area (Å²) in [6.07, 6.45) is 4.01. The quantitative estimate of drug-likeness (QED) is 0.857. The van der Waals surface area contributed by atoms with E-state index in [-0.39, 0.29) is 11.9 Å². The Morgan fingerprint density at radius 3 is 2.76 bits per heavy atom. The van der Waals surface area contributed by atoms with E-state index in [4.69, 9.17) is 9.47 Å². The number of benzene rings is 1. The molecule has 134 valence electrons. The van der Waals surface area contributed by atoms with Crippen molar-refractivity contribution >= 4 is 5.91 Å². The van der Waals surface area contributed by atoms with Gasteiger partial charge in [-0.3, -0.25) is 4.79 Å². The van der Waals surface area contributed by atoms with Gasteiger partial charge in [-0.1, -0.05) is 0 Å². The molecule has 1 aliphatic rings. The number of piperazine rings is 1. The average molecular weight is 344 g/mol. The van der Waals surface area contributed by atoms with Gasteiger partial charge in [-0.15, -0.1) is 0 Å². The molecule has 1 fully saturated rings. The fourth-order valence-electron chi connectivity index (χ4n) is 3.00. The Hall–Kier alpha value is -2.54. The molecular weight excluding hydrogens is 320 g/mol. The van der Waals surface area contributed by atoms with Crippen molar-refractivity contribution in [3.8, 4) is 11.5 Å². The van der Waals surface area contributed by atoms with Crippen LogP contribution in [0.5, 0.6) is 11.5 Å². The maximum Gasteiger partial charge on any atom is 0.226 e. The van der Waals surface area contributed by atoms with Gasteiger partial charge in [0.25, 0.3) is 0 Å². The number of nitrogens with one attached hydrogen (secondary N) is 1. The van der Waals surface area contributed by atoms with E-state index in [1.54, 1.807) is 13.3 Å². The minimum atomic E-state index is -0.0396. The van der Waals surface area contributed by atoms with Gasteiger partial charge >= 0.3 is 0 Å². The highest BCUT2D eigenvalue weighted by Gasteiger charge is 2.30. The molecule has 0 spiro atoms. The minimum Gasteiger partial charge on any atom is -0.497 e. The van der Waals surface area contributed by atoms with Crippen molar-refractivity contribution in [2.24, 2.45) is 7.05 Å². The fourth-order valence-corrected chi connectivity index (χ4v) is 3.00. The maximum absolute atomic E-state index is 12.7. The van der Waals surface area contributed by atoms with Crippen molar-refractivity contribution in [3.05, 3.63) is 42.5 Å². The Kier molecular flexibility index (Phi) is 5.55. The van der Waals surface area contributed by atoms with Crippen LogP contribution >= 0.6 is 0 Å². The molecule has 1 amide bonds. The lowest BCUT2D eigenvalue weighted by Crippen LogP contribution is -2.49. The van der Waals surface area contributed by atoms with Crippen molar-refractivity contribution in [2.75, 3.05) is 33.4 Å². The van der Waals surface area contributed by atoms with Gasteiger partial charge in [0.1, 0.15) is 23.4 Å². The largest absolute Gasteiger partial charge is 0.497 e. The highest BCUT2D eigenvalue weighted by Crippen LogP contribution is 2.22. The fraction of sp³-hybridized carbons (Fsp3) is 0.444. The Bertz CT molecular complexity index is 699. The van der Waals surface area contributed by atoms with Gasteiger partial charge in [0.15, 0.2) is 0 Å². The first-order valence-electron chi connectivity index (χ1n) is 8.43. The Balaban J connectivity index is 1.56. The van der Waals surface area contributed by atoms with E-state index in [9.17, 15) is 4.79 Å². The van der Waals surface area contributed by atoms with E-state index in [0.29, 0.717) is 19.6 Å². The lowest BCUT2D eigenvalue weighted by Gasteiger charge is -2.35. The van der Waals surface area contributed by atoms with Crippen molar-refractivity contribution in [2.45, 2.75) is 12.5 Å². The second kappa shape index (κ2) is 8.02. The molecule has 25 heavy (non-hydrogen) atoms. The summed E-state index contributed by atoms with van der Waals surface area (Å²) in [5, 5.41) is 3.34. The van der Waals surface area contributed by atoms with Gasteiger partial charge in [0.2, 0.25) is 5.91 Å². The van der Waals surface area contributed by atoms with Gasteiger partial charge in [-0.25, -0.2) is 4.98 Å². The molecular formula is C18H24N4O3. The number of hydrogen-bond donors (Lipinski definition) is 1. The molecule has 7 heteroatoms. The molecule has 1 aromatic heterocycles. The predicted molar refractivity (Wildman–Crippen MR) is 93.6 cm³/mol. The Morgan fingerprint density at radius 2 is 2.08 bits per heavy atom. The van der Waals surface area contributed by atoms with Gasteiger partial charge < -0.3 is 24.3 Å². The van der Waals surface area contributed by atoms with Crippen molar-refractivity contribution in [1.82, 2.24) is 19.8 Å². The zero-order chi connectivity index (χ0) is 17.6. The van der Waals surface area contributed by atoms with Crippen LogP contribution in [0, 0.1) is 0 Å². The molecule has 1 N–H and O–H groups in total. The molecule has 1 unspecified atom stereocenters. The first-order valence-corrected chi connectivity index (χ1v) is 8.43. The topological polar surface area (TPSA) is 68.6 Å². The Morgan fingerprint density at radius 1 is 1.32 bits per heavy atom. The molecule has 7 nitrogen and oxygen atoms in total. The second-order valence-electron chi connectivity index (χ2n) is 5.98. The summed E-state index contributed by atoms with van der Waals surface area (Å²) >= 11 is 0. The normalized spacial score (nSPS) is 17.4. The SMILES string of the molecule is COc1ccc(OCCC(=O)N2CCNCC2c2nccn2C)cc1. The van der Waals surface area contributed by atoms with Crippen LogP contribution in [0.25, 0.3) is 0 Å². The van der Waals surface area contributed by atoms with Crippen LogP contribution in [-0.2, 0) is 11.8 Å². The highest BCUT2D eigenvalue weighted by atomic mass is 16.5. The molecule has 1 aromatic carbocycles. The third-order valence-electron chi connectivity index (χ3n) is 4.36. The van der Waals surface area contributed by atoms with E-state index in [1.165, 1.54) is 0 Å². The lowest BCUT2D eigenvalue weighted by molar-refractivity contribution is -0.135. The smallest absolute Gasteiger partial charge is 0.226 e. The summed E-state index contributed by atoms with van der Waals surface area (Å²) in [7, 11) is 3.58. The van der Waals surface area contributed by atoms with Gasteiger partial charge in [0, 0.05) is 39.1 Å². The molecule has 1 aliphatic heterocycles. The molecule has 2 aromatic rings. The molecule has 1 saturated heterocycles. The number of imidazole rings is 1. The molecule has 0 aliphatic carbocycles. The summed E-state index contributed by atoms with van der Waals surface area (Å²) in [6, 6.07) is 7.31. The Labute approximate surface area is 147 Å². The number of amides is 1. The molecule has 1 atom stereocenters. The standard InChI is InChI=1S/C18H24N4O3/c1-21-10-9-20-18(21)16-13-19-8-11-22(16)17(23)7-12-25-15-5-3-14(24-2)4-6-15/h3-6,9-10,16,19H,7-8,11-13H2,1-2H3. The summed E-state index contributed by atoms with van der Waals surface area (Å²) in [4.78, 5) is 19.0. The monoisotopic (exact) mass is 344 g/mol. The van der Waals surface area contributed by atoms with Gasteiger partial charge in [-0.2, -0.15) is 0 Å². The summed E-state index contributed by atoms with van der Waals surface area (Å²) in [6.45, 7) is 2.54. The number of ether oxygens (including phenoxy) is 2. The number of hydrogen-bond acceptors (Lipinski definition) is 5. The number of aromatic nitrogens is 2. The third-order valence-corrected chi connectivity index (χ3v) is 4.36. The zero-order valence-corrected chi connectivity index (χ0v) is 14.6. The third kappa shape index (κ3) is 4.11. The first kappa shape index (κ1) is 17.3. The van der Waals surface area contributed by atoms with Crippen LogP contribution in [0.2, 0.25) is 0 Å². The first-order chi connectivity index (χ1) is 12.2. The van der Waals surface area contributed by atoms with E-state index in [0.717, 1.165) is 30.4 Å². The lowest BCUT2D eigenvalue weighted by atomic mass is 10.1. The van der Waals surface area contributed by atoms with E-state index >= 15 is 0 Å². The van der Waals surface area contributed by atoms with E-state index in [2.05, 4.69) is 10.3 Å². The van der Waals surface area contributed by atoms with Crippen LogP contribution in [-0.4, -0.2) is 53.7 Å². The van der Waals surface area contributed by atoms with Crippen LogP contribution < -0.4 is 14.8 Å². The van der Waals surface area contributed by atoms with Crippen LogP contribution in [0.3, 0.4) is 0 Å². The summed E-state index contributed by atoms with van der Waals surface area (Å²) in [5.74, 6) is 2.50. The number of aryl methyl sites for hydroxylation is 1. The molecule has 0 bridgehead atoms. The van der Waals surface area contributed by atoms with E-state index in [1.807, 2.05) is 47.0 Å². The molecule has 0 saturated carbocycles. The predicted octanol–water partition coefficient (Wildman–Crippen LogP) is 1.37. The van der Waals surface area contributed by atoms with Crippen molar-refractivity contribution in [1.29, 1.82) is 0 Å².